The summed E-state index contributed by atoms with van der Waals surface area (Å²) in [6, 6.07) is 10.9. The van der Waals surface area contributed by atoms with Gasteiger partial charge in [0.25, 0.3) is 5.91 Å². The number of benzene rings is 1. The molecule has 0 atom stereocenters. The van der Waals surface area contributed by atoms with Crippen molar-refractivity contribution < 1.29 is 23.5 Å². The van der Waals surface area contributed by atoms with Gasteiger partial charge in [-0.3, -0.25) is 4.79 Å². The Morgan fingerprint density at radius 3 is 2.41 bits per heavy atom. The van der Waals surface area contributed by atoms with Gasteiger partial charge in [-0.2, -0.15) is 0 Å². The summed E-state index contributed by atoms with van der Waals surface area (Å²) >= 11 is 3.40. The number of hydrogen-bond donors (Lipinski definition) is 0. The van der Waals surface area contributed by atoms with Crippen LogP contribution in [0, 0.1) is 0 Å². The summed E-state index contributed by atoms with van der Waals surface area (Å²) in [6.07, 6.45) is -0.352. The number of furan rings is 1. The standard InChI is InChI=1S/C21H25BrN2O5/c1-21(2,3)29-20(26)24-11-9-23(10-12-24)19(25)18-8-7-17(28-18)14-27-16-6-4-5-15(22)13-16/h4-8,13H,9-12,14H2,1-3H3. The first-order valence-corrected chi connectivity index (χ1v) is 10.2. The molecule has 0 N–H and O–H groups in total. The van der Waals surface area contributed by atoms with Crippen molar-refractivity contribution in [2.75, 3.05) is 26.2 Å². The van der Waals surface area contributed by atoms with E-state index in [-0.39, 0.29) is 24.4 Å². The molecule has 1 aliphatic rings. The SMILES string of the molecule is CC(C)(C)OC(=O)N1CCN(C(=O)c2ccc(COc3cccc(Br)c3)o2)CC1. The number of halogens is 1. The van der Waals surface area contributed by atoms with Crippen LogP contribution in [-0.2, 0) is 11.3 Å². The molecule has 3 rings (SSSR count). The predicted octanol–water partition coefficient (Wildman–Crippen LogP) is 4.31. The average Bonchev–Trinajstić information content (AvgIpc) is 3.14. The van der Waals surface area contributed by atoms with Gasteiger partial charge in [-0.1, -0.05) is 22.0 Å². The molecule has 0 unspecified atom stereocenters. The van der Waals surface area contributed by atoms with E-state index in [9.17, 15) is 9.59 Å². The lowest BCUT2D eigenvalue weighted by molar-refractivity contribution is 0.0136. The number of carbonyl (C=O) groups is 2. The van der Waals surface area contributed by atoms with E-state index < -0.39 is 5.60 Å². The van der Waals surface area contributed by atoms with Crippen LogP contribution in [-0.4, -0.2) is 53.6 Å². The molecule has 1 aromatic carbocycles. The molecular weight excluding hydrogens is 440 g/mol. The maximum Gasteiger partial charge on any atom is 0.410 e. The van der Waals surface area contributed by atoms with E-state index in [1.807, 2.05) is 45.0 Å². The minimum absolute atomic E-state index is 0.192. The zero-order valence-electron chi connectivity index (χ0n) is 16.8. The van der Waals surface area contributed by atoms with Crippen molar-refractivity contribution in [3.05, 3.63) is 52.4 Å². The molecule has 0 bridgehead atoms. The first-order chi connectivity index (χ1) is 13.7. The van der Waals surface area contributed by atoms with Crippen molar-refractivity contribution in [2.45, 2.75) is 33.0 Å². The Balaban J connectivity index is 1.51. The largest absolute Gasteiger partial charge is 0.486 e. The normalized spacial score (nSPS) is 14.6. The summed E-state index contributed by atoms with van der Waals surface area (Å²) in [6.45, 7) is 7.46. The number of carbonyl (C=O) groups excluding carboxylic acids is 2. The minimum atomic E-state index is -0.535. The van der Waals surface area contributed by atoms with E-state index in [0.29, 0.717) is 37.7 Å². The highest BCUT2D eigenvalue weighted by atomic mass is 79.9. The number of rotatable bonds is 4. The van der Waals surface area contributed by atoms with Gasteiger partial charge < -0.3 is 23.7 Å². The molecule has 156 valence electrons. The van der Waals surface area contributed by atoms with E-state index >= 15 is 0 Å². The van der Waals surface area contributed by atoms with Gasteiger partial charge in [-0.05, 0) is 51.1 Å². The molecule has 1 aromatic heterocycles. The molecule has 1 aliphatic heterocycles. The van der Waals surface area contributed by atoms with Crippen molar-refractivity contribution in [1.82, 2.24) is 9.80 Å². The molecule has 8 heteroatoms. The van der Waals surface area contributed by atoms with Gasteiger partial charge in [-0.25, -0.2) is 4.79 Å². The maximum atomic E-state index is 12.7. The Hall–Kier alpha value is -2.48. The predicted molar refractivity (Wildman–Crippen MR) is 111 cm³/mol. The van der Waals surface area contributed by atoms with Gasteiger partial charge in [-0.15, -0.1) is 0 Å². The number of nitrogens with zero attached hydrogens (tertiary/aromatic N) is 2. The molecule has 0 aliphatic carbocycles. The van der Waals surface area contributed by atoms with Crippen molar-refractivity contribution >= 4 is 27.9 Å². The monoisotopic (exact) mass is 464 g/mol. The Morgan fingerprint density at radius 2 is 1.76 bits per heavy atom. The summed E-state index contributed by atoms with van der Waals surface area (Å²) in [5, 5.41) is 0. The number of amides is 2. The third-order valence-electron chi connectivity index (χ3n) is 4.27. The third kappa shape index (κ3) is 6.00. The van der Waals surface area contributed by atoms with Crippen molar-refractivity contribution in [2.24, 2.45) is 0 Å². The minimum Gasteiger partial charge on any atom is -0.486 e. The topological polar surface area (TPSA) is 72.2 Å². The molecule has 1 fully saturated rings. The number of piperazine rings is 1. The second-order valence-electron chi connectivity index (χ2n) is 7.77. The van der Waals surface area contributed by atoms with Crippen LogP contribution in [0.2, 0.25) is 0 Å². The zero-order chi connectivity index (χ0) is 21.0. The highest BCUT2D eigenvalue weighted by Crippen LogP contribution is 2.20. The van der Waals surface area contributed by atoms with Crippen molar-refractivity contribution in [3.8, 4) is 5.75 Å². The van der Waals surface area contributed by atoms with E-state index in [1.54, 1.807) is 21.9 Å². The molecule has 0 radical (unpaired) electrons. The van der Waals surface area contributed by atoms with Gasteiger partial charge in [0.05, 0.1) is 0 Å². The fourth-order valence-electron chi connectivity index (χ4n) is 2.86. The lowest BCUT2D eigenvalue weighted by Gasteiger charge is -2.35. The highest BCUT2D eigenvalue weighted by molar-refractivity contribution is 9.10. The smallest absolute Gasteiger partial charge is 0.410 e. The molecule has 0 saturated carbocycles. The van der Waals surface area contributed by atoms with Crippen LogP contribution < -0.4 is 4.74 Å². The quantitative estimate of drug-likeness (QED) is 0.673. The van der Waals surface area contributed by atoms with Crippen LogP contribution >= 0.6 is 15.9 Å². The lowest BCUT2D eigenvalue weighted by Crippen LogP contribution is -2.51. The fourth-order valence-corrected chi connectivity index (χ4v) is 3.23. The Kier molecular flexibility index (Phi) is 6.52. The van der Waals surface area contributed by atoms with Gasteiger partial charge >= 0.3 is 6.09 Å². The first-order valence-electron chi connectivity index (χ1n) is 9.45. The van der Waals surface area contributed by atoms with Gasteiger partial charge in [0, 0.05) is 30.7 Å². The van der Waals surface area contributed by atoms with Crippen LogP contribution in [0.15, 0.2) is 45.3 Å². The summed E-state index contributed by atoms with van der Waals surface area (Å²) < 4.78 is 17.6. The third-order valence-corrected chi connectivity index (χ3v) is 4.76. The van der Waals surface area contributed by atoms with E-state index in [4.69, 9.17) is 13.9 Å². The van der Waals surface area contributed by atoms with Crippen molar-refractivity contribution in [3.63, 3.8) is 0 Å². The average molecular weight is 465 g/mol. The number of hydrogen-bond acceptors (Lipinski definition) is 5. The second kappa shape index (κ2) is 8.90. The Labute approximate surface area is 178 Å². The maximum absolute atomic E-state index is 12.7. The molecular formula is C21H25BrN2O5. The van der Waals surface area contributed by atoms with Crippen LogP contribution in [0.5, 0.6) is 5.75 Å². The molecule has 7 nitrogen and oxygen atoms in total. The second-order valence-corrected chi connectivity index (χ2v) is 8.69. The van der Waals surface area contributed by atoms with E-state index in [1.165, 1.54) is 0 Å². The highest BCUT2D eigenvalue weighted by Gasteiger charge is 2.29. The molecule has 2 amide bonds. The van der Waals surface area contributed by atoms with Gasteiger partial charge in [0.1, 0.15) is 23.7 Å². The molecule has 29 heavy (non-hydrogen) atoms. The lowest BCUT2D eigenvalue weighted by atomic mass is 10.2. The zero-order valence-corrected chi connectivity index (χ0v) is 18.4. The van der Waals surface area contributed by atoms with E-state index in [2.05, 4.69) is 15.9 Å². The Bertz CT molecular complexity index is 866. The van der Waals surface area contributed by atoms with E-state index in [0.717, 1.165) is 4.47 Å². The molecule has 2 heterocycles. The van der Waals surface area contributed by atoms with Crippen LogP contribution in [0.3, 0.4) is 0 Å². The van der Waals surface area contributed by atoms with Crippen molar-refractivity contribution in [1.29, 1.82) is 0 Å². The molecule has 2 aromatic rings. The van der Waals surface area contributed by atoms with Gasteiger partial charge in [0.15, 0.2) is 5.76 Å². The molecule has 0 spiro atoms. The van der Waals surface area contributed by atoms with Gasteiger partial charge in [0.2, 0.25) is 0 Å². The first kappa shape index (κ1) is 21.2. The summed E-state index contributed by atoms with van der Waals surface area (Å²) in [7, 11) is 0. The summed E-state index contributed by atoms with van der Waals surface area (Å²) in [5.74, 6) is 1.36. The number of ether oxygens (including phenoxy) is 2. The van der Waals surface area contributed by atoms with Crippen LogP contribution in [0.4, 0.5) is 4.79 Å². The fraction of sp³-hybridized carbons (Fsp3) is 0.429. The van der Waals surface area contributed by atoms with Crippen LogP contribution in [0.25, 0.3) is 0 Å². The Morgan fingerprint density at radius 1 is 1.07 bits per heavy atom. The summed E-state index contributed by atoms with van der Waals surface area (Å²) in [4.78, 5) is 28.1. The molecule has 1 saturated heterocycles. The van der Waals surface area contributed by atoms with Crippen LogP contribution in [0.1, 0.15) is 37.1 Å². The summed E-state index contributed by atoms with van der Waals surface area (Å²) in [5.41, 5.74) is -0.535.